The summed E-state index contributed by atoms with van der Waals surface area (Å²) in [4.78, 5) is 40.0. The van der Waals surface area contributed by atoms with E-state index in [0.717, 1.165) is 31.2 Å². The monoisotopic (exact) mass is 405 g/mol. The van der Waals surface area contributed by atoms with E-state index in [0.29, 0.717) is 10.7 Å². The quantitative estimate of drug-likeness (QED) is 0.806. The largest absolute Gasteiger partial charge is 0.349 e. The lowest BCUT2D eigenvalue weighted by atomic mass is 9.84. The van der Waals surface area contributed by atoms with Gasteiger partial charge in [0.2, 0.25) is 17.7 Å². The number of nitrogens with zero attached hydrogens (tertiary/aromatic N) is 1. The molecule has 1 aromatic carbocycles. The Morgan fingerprint density at radius 1 is 1.29 bits per heavy atom. The molecule has 3 rings (SSSR count). The molecule has 6 nitrogen and oxygen atoms in total. The van der Waals surface area contributed by atoms with Gasteiger partial charge in [-0.3, -0.25) is 14.4 Å². The highest BCUT2D eigenvalue weighted by molar-refractivity contribution is 6.31. The number of benzene rings is 1. The van der Waals surface area contributed by atoms with Crippen molar-refractivity contribution in [2.45, 2.75) is 71.0 Å². The Morgan fingerprint density at radius 3 is 2.68 bits per heavy atom. The fraction of sp³-hybridized carbons (Fsp3) is 0.571. The molecule has 1 saturated heterocycles. The van der Waals surface area contributed by atoms with Crippen LogP contribution in [0, 0.1) is 12.8 Å². The van der Waals surface area contributed by atoms with Crippen molar-refractivity contribution in [3.05, 3.63) is 28.8 Å². The van der Waals surface area contributed by atoms with Crippen molar-refractivity contribution in [2.24, 2.45) is 5.92 Å². The molecule has 1 aromatic rings. The van der Waals surface area contributed by atoms with Crippen molar-refractivity contribution in [3.8, 4) is 0 Å². The maximum Gasteiger partial charge on any atom is 0.243 e. The number of aryl methyl sites for hydroxylation is 1. The summed E-state index contributed by atoms with van der Waals surface area (Å²) in [7, 11) is 0. The van der Waals surface area contributed by atoms with Crippen LogP contribution in [0.25, 0.3) is 0 Å². The molecule has 2 fully saturated rings. The number of fused-ring (bicyclic) bond motifs is 1. The van der Waals surface area contributed by atoms with E-state index in [9.17, 15) is 14.4 Å². The van der Waals surface area contributed by atoms with Crippen molar-refractivity contribution >= 4 is 35.0 Å². The lowest BCUT2D eigenvalue weighted by molar-refractivity contribution is -0.154. The van der Waals surface area contributed by atoms with Crippen LogP contribution < -0.4 is 10.6 Å². The topological polar surface area (TPSA) is 78.5 Å². The van der Waals surface area contributed by atoms with Gasteiger partial charge >= 0.3 is 0 Å². The fourth-order valence-corrected chi connectivity index (χ4v) is 4.29. The number of halogens is 1. The Bertz CT molecular complexity index is 780. The number of rotatable bonds is 4. The predicted molar refractivity (Wildman–Crippen MR) is 109 cm³/mol. The van der Waals surface area contributed by atoms with Gasteiger partial charge in [0.1, 0.15) is 6.04 Å². The van der Waals surface area contributed by atoms with Crippen molar-refractivity contribution < 1.29 is 14.4 Å². The van der Waals surface area contributed by atoms with Crippen molar-refractivity contribution in [2.75, 3.05) is 5.32 Å². The molecule has 3 atom stereocenters. The van der Waals surface area contributed by atoms with Gasteiger partial charge in [0.05, 0.1) is 12.5 Å². The van der Waals surface area contributed by atoms with Crippen LogP contribution in [0.1, 0.15) is 51.5 Å². The summed E-state index contributed by atoms with van der Waals surface area (Å²) in [5.74, 6) is -0.844. The molecule has 152 valence electrons. The van der Waals surface area contributed by atoms with Crippen LogP contribution in [-0.4, -0.2) is 40.7 Å². The molecule has 2 aliphatic rings. The summed E-state index contributed by atoms with van der Waals surface area (Å²) in [6.07, 6.45) is 3.73. The van der Waals surface area contributed by atoms with Gasteiger partial charge in [0.25, 0.3) is 0 Å². The Hall–Kier alpha value is -2.08. The molecule has 1 aliphatic carbocycles. The van der Waals surface area contributed by atoms with Crippen molar-refractivity contribution in [3.63, 3.8) is 0 Å². The second kappa shape index (κ2) is 8.52. The highest BCUT2D eigenvalue weighted by Crippen LogP contribution is 2.31. The molecule has 0 bridgehead atoms. The Balaban J connectivity index is 1.78. The molecule has 0 aromatic heterocycles. The van der Waals surface area contributed by atoms with Crippen LogP contribution >= 0.6 is 11.6 Å². The molecule has 0 spiro atoms. The molecule has 28 heavy (non-hydrogen) atoms. The van der Waals surface area contributed by atoms with Crippen LogP contribution in [0.4, 0.5) is 5.69 Å². The summed E-state index contributed by atoms with van der Waals surface area (Å²) >= 11 is 6.12. The number of nitrogens with one attached hydrogen (secondary N) is 2. The summed E-state index contributed by atoms with van der Waals surface area (Å²) < 4.78 is 0. The van der Waals surface area contributed by atoms with Crippen LogP contribution in [0.15, 0.2) is 18.2 Å². The second-order valence-electron chi connectivity index (χ2n) is 8.10. The number of carbonyl (C=O) groups is 3. The SMILES string of the molecule is Cc1ccc(NC(=O)C[C@@H]2C(=O)N[C@@H]3CCCC[C@H]3N2C(=O)C(C)C)cc1Cl. The van der Waals surface area contributed by atoms with Gasteiger partial charge in [-0.2, -0.15) is 0 Å². The fourth-order valence-electron chi connectivity index (χ4n) is 4.11. The molecule has 0 radical (unpaired) electrons. The lowest BCUT2D eigenvalue weighted by Crippen LogP contribution is -2.68. The number of anilines is 1. The van der Waals surface area contributed by atoms with Crippen LogP contribution in [0.5, 0.6) is 0 Å². The summed E-state index contributed by atoms with van der Waals surface area (Å²) in [5, 5.41) is 6.41. The zero-order valence-electron chi connectivity index (χ0n) is 16.6. The highest BCUT2D eigenvalue weighted by atomic mass is 35.5. The lowest BCUT2D eigenvalue weighted by Gasteiger charge is -2.48. The van der Waals surface area contributed by atoms with E-state index in [4.69, 9.17) is 11.6 Å². The van der Waals surface area contributed by atoms with Gasteiger partial charge in [0.15, 0.2) is 0 Å². The average Bonchev–Trinajstić information content (AvgIpc) is 2.64. The van der Waals surface area contributed by atoms with Crippen LogP contribution in [-0.2, 0) is 14.4 Å². The first-order chi connectivity index (χ1) is 13.3. The third-order valence-corrected chi connectivity index (χ3v) is 6.04. The maximum absolute atomic E-state index is 12.9. The molecule has 0 unspecified atom stereocenters. The summed E-state index contributed by atoms with van der Waals surface area (Å²) in [6.45, 7) is 5.55. The Labute approximate surface area is 171 Å². The first-order valence-corrected chi connectivity index (χ1v) is 10.3. The molecule has 1 saturated carbocycles. The number of piperazine rings is 1. The minimum absolute atomic E-state index is 0.0147. The third kappa shape index (κ3) is 4.32. The smallest absolute Gasteiger partial charge is 0.243 e. The van der Waals surface area contributed by atoms with E-state index in [1.807, 2.05) is 26.8 Å². The number of hydrogen-bond acceptors (Lipinski definition) is 3. The van der Waals surface area contributed by atoms with E-state index < -0.39 is 6.04 Å². The van der Waals surface area contributed by atoms with Crippen LogP contribution in [0.3, 0.4) is 0 Å². The van der Waals surface area contributed by atoms with Crippen molar-refractivity contribution in [1.29, 1.82) is 0 Å². The third-order valence-electron chi connectivity index (χ3n) is 5.64. The van der Waals surface area contributed by atoms with Crippen molar-refractivity contribution in [1.82, 2.24) is 10.2 Å². The first-order valence-electron chi connectivity index (χ1n) is 9.96. The summed E-state index contributed by atoms with van der Waals surface area (Å²) in [5.41, 5.74) is 1.50. The standard InChI is InChI=1S/C21H28ClN3O3/c1-12(2)21(28)25-17-7-5-4-6-16(17)24-20(27)18(25)11-19(26)23-14-9-8-13(3)15(22)10-14/h8-10,12,16-18H,4-7,11H2,1-3H3,(H,23,26)(H,24,27)/t16-,17-,18-/m1/s1. The van der Waals surface area contributed by atoms with Gasteiger partial charge in [-0.25, -0.2) is 0 Å². The highest BCUT2D eigenvalue weighted by Gasteiger charge is 2.46. The minimum Gasteiger partial charge on any atom is -0.349 e. The van der Waals surface area contributed by atoms with Crippen LogP contribution in [0.2, 0.25) is 5.02 Å². The second-order valence-corrected chi connectivity index (χ2v) is 8.51. The Morgan fingerprint density at radius 2 is 2.00 bits per heavy atom. The Kier molecular flexibility index (Phi) is 6.28. The molecule has 2 N–H and O–H groups in total. The molecule has 3 amide bonds. The van der Waals surface area contributed by atoms with E-state index in [2.05, 4.69) is 10.6 Å². The normalized spacial score (nSPS) is 24.5. The van der Waals surface area contributed by atoms with Gasteiger partial charge in [-0.05, 0) is 37.5 Å². The summed E-state index contributed by atoms with van der Waals surface area (Å²) in [6, 6.07) is 4.45. The number of amides is 3. The van der Waals surface area contributed by atoms with E-state index in [1.54, 1.807) is 17.0 Å². The molecular weight excluding hydrogens is 378 g/mol. The van der Waals surface area contributed by atoms with E-state index in [1.165, 1.54) is 0 Å². The molecule has 1 heterocycles. The minimum atomic E-state index is -0.782. The van der Waals surface area contributed by atoms with Gasteiger partial charge < -0.3 is 15.5 Å². The van der Waals surface area contributed by atoms with E-state index >= 15 is 0 Å². The first kappa shape index (κ1) is 20.6. The van der Waals surface area contributed by atoms with Gasteiger partial charge in [-0.15, -0.1) is 0 Å². The van der Waals surface area contributed by atoms with E-state index in [-0.39, 0.29) is 42.1 Å². The predicted octanol–water partition coefficient (Wildman–Crippen LogP) is 3.27. The molecular formula is C21H28ClN3O3. The number of carbonyl (C=O) groups excluding carboxylic acids is 3. The zero-order chi connectivity index (χ0) is 20.4. The van der Waals surface area contributed by atoms with Gasteiger partial charge in [0, 0.05) is 22.7 Å². The molecule has 1 aliphatic heterocycles. The maximum atomic E-state index is 12.9. The average molecular weight is 406 g/mol. The molecule has 7 heteroatoms. The number of hydrogen-bond donors (Lipinski definition) is 2. The van der Waals surface area contributed by atoms with Gasteiger partial charge in [-0.1, -0.05) is 44.4 Å². The zero-order valence-corrected chi connectivity index (χ0v) is 17.4.